The first-order chi connectivity index (χ1) is 10.2. The summed E-state index contributed by atoms with van der Waals surface area (Å²) in [5.41, 5.74) is 0.338. The molecule has 1 saturated carbocycles. The first kappa shape index (κ1) is 12.6. The van der Waals surface area contributed by atoms with E-state index in [2.05, 4.69) is 25.2 Å². The summed E-state index contributed by atoms with van der Waals surface area (Å²) in [5, 5.41) is 15.1. The Kier molecular flexibility index (Phi) is 2.80. The molecule has 1 aliphatic carbocycles. The zero-order chi connectivity index (χ0) is 14.4. The molecule has 2 aromatic heterocycles. The maximum absolute atomic E-state index is 12.2. The van der Waals surface area contributed by atoms with Crippen molar-refractivity contribution in [2.75, 3.05) is 0 Å². The molecule has 2 aliphatic rings. The van der Waals surface area contributed by atoms with Gasteiger partial charge in [0.05, 0.1) is 6.04 Å². The lowest BCUT2D eigenvalue weighted by Gasteiger charge is -2.12. The van der Waals surface area contributed by atoms with Crippen molar-refractivity contribution in [3.8, 4) is 0 Å². The Balaban J connectivity index is 1.47. The molecule has 1 atom stereocenters. The van der Waals surface area contributed by atoms with Crippen LogP contribution in [0.25, 0.3) is 0 Å². The van der Waals surface area contributed by atoms with Crippen LogP contribution in [0.5, 0.6) is 0 Å². The summed E-state index contributed by atoms with van der Waals surface area (Å²) in [6, 6.07) is 1.55. The molecule has 1 amide bonds. The first-order valence-corrected chi connectivity index (χ1v) is 7.42. The van der Waals surface area contributed by atoms with Gasteiger partial charge in [-0.3, -0.25) is 4.79 Å². The average Bonchev–Trinajstić information content (AvgIpc) is 2.92. The fourth-order valence-corrected chi connectivity index (χ4v) is 2.79. The number of fused-ring (bicyclic) bond motifs is 1. The average molecular weight is 287 g/mol. The second kappa shape index (κ2) is 4.68. The quantitative estimate of drug-likeness (QED) is 0.922. The van der Waals surface area contributed by atoms with Crippen molar-refractivity contribution in [3.05, 3.63) is 29.2 Å². The lowest BCUT2D eigenvalue weighted by atomic mass is 10.2. The Morgan fingerprint density at radius 1 is 1.48 bits per heavy atom. The summed E-state index contributed by atoms with van der Waals surface area (Å²) in [6.45, 7) is 2.84. The van der Waals surface area contributed by atoms with Gasteiger partial charge in [0.25, 0.3) is 5.91 Å². The number of hydrogen-bond donors (Lipinski definition) is 1. The van der Waals surface area contributed by atoms with Crippen LogP contribution in [0.2, 0.25) is 0 Å². The van der Waals surface area contributed by atoms with E-state index in [1.165, 1.54) is 0 Å². The first-order valence-electron chi connectivity index (χ1n) is 7.42. The second-order valence-electron chi connectivity index (χ2n) is 5.81. The van der Waals surface area contributed by atoms with Crippen molar-refractivity contribution >= 4 is 5.91 Å². The molecule has 1 N–H and O–H groups in total. The zero-order valence-corrected chi connectivity index (χ0v) is 11.9. The van der Waals surface area contributed by atoms with Crippen molar-refractivity contribution in [1.29, 1.82) is 0 Å². The number of rotatable bonds is 4. The molecule has 0 bridgehead atoms. The van der Waals surface area contributed by atoms with Gasteiger partial charge in [0.1, 0.15) is 11.6 Å². The van der Waals surface area contributed by atoms with Crippen molar-refractivity contribution in [1.82, 2.24) is 25.2 Å². The number of aromatic nitrogens is 4. The summed E-state index contributed by atoms with van der Waals surface area (Å²) >= 11 is 0. The minimum absolute atomic E-state index is 0.196. The number of nitrogens with one attached hydrogen (secondary N) is 1. The summed E-state index contributed by atoms with van der Waals surface area (Å²) < 4.78 is 7.30. The van der Waals surface area contributed by atoms with Crippen LogP contribution in [0.3, 0.4) is 0 Å². The zero-order valence-electron chi connectivity index (χ0n) is 11.9. The van der Waals surface area contributed by atoms with Crippen molar-refractivity contribution in [2.24, 2.45) is 0 Å². The Morgan fingerprint density at radius 2 is 2.33 bits per heavy atom. The van der Waals surface area contributed by atoms with Gasteiger partial charge in [0.2, 0.25) is 0 Å². The fraction of sp³-hybridized carbons (Fsp3) is 0.571. The largest absolute Gasteiger partial charge is 0.360 e. The van der Waals surface area contributed by atoms with Gasteiger partial charge < -0.3 is 14.4 Å². The van der Waals surface area contributed by atoms with Crippen LogP contribution >= 0.6 is 0 Å². The highest BCUT2D eigenvalue weighted by atomic mass is 16.5. The van der Waals surface area contributed by atoms with Gasteiger partial charge in [-0.25, -0.2) is 0 Å². The number of aryl methyl sites for hydroxylation is 1. The molecular weight excluding hydrogens is 270 g/mol. The highest BCUT2D eigenvalue weighted by Crippen LogP contribution is 2.40. The molecule has 0 radical (unpaired) electrons. The van der Waals surface area contributed by atoms with E-state index in [0.717, 1.165) is 49.6 Å². The van der Waals surface area contributed by atoms with Gasteiger partial charge in [0.15, 0.2) is 11.5 Å². The lowest BCUT2D eigenvalue weighted by Crippen LogP contribution is -2.28. The third-order valence-electron chi connectivity index (χ3n) is 4.11. The van der Waals surface area contributed by atoms with Crippen LogP contribution in [0.15, 0.2) is 10.6 Å². The highest BCUT2D eigenvalue weighted by Gasteiger charge is 2.29. The molecule has 0 aromatic carbocycles. The highest BCUT2D eigenvalue weighted by molar-refractivity contribution is 5.92. The SMILES string of the molecule is C[C@@H](NC(=O)c1cc(C2CC2)on1)c1nnc2n1CCC2. The Hall–Kier alpha value is -2.18. The van der Waals surface area contributed by atoms with E-state index in [0.29, 0.717) is 11.6 Å². The predicted octanol–water partition coefficient (Wildman–Crippen LogP) is 1.58. The molecule has 0 unspecified atom stereocenters. The summed E-state index contributed by atoms with van der Waals surface area (Å²) in [5.74, 6) is 2.85. The number of carbonyl (C=O) groups is 1. The van der Waals surface area contributed by atoms with E-state index in [-0.39, 0.29) is 11.9 Å². The molecule has 2 aromatic rings. The van der Waals surface area contributed by atoms with Crippen LogP contribution in [0.1, 0.15) is 66.0 Å². The van der Waals surface area contributed by atoms with E-state index in [4.69, 9.17) is 4.52 Å². The predicted molar refractivity (Wildman–Crippen MR) is 72.7 cm³/mol. The van der Waals surface area contributed by atoms with Crippen LogP contribution in [0, 0.1) is 0 Å². The standard InChI is InChI=1S/C14H17N5O2/c1-8(13-17-16-12-3-2-6-19(12)13)15-14(20)10-7-11(21-18-10)9-4-5-9/h7-9H,2-6H2,1H3,(H,15,20)/t8-/m1/s1. The van der Waals surface area contributed by atoms with Crippen molar-refractivity contribution in [3.63, 3.8) is 0 Å². The number of hydrogen-bond acceptors (Lipinski definition) is 5. The van der Waals surface area contributed by atoms with Gasteiger partial charge in [-0.1, -0.05) is 5.16 Å². The molecule has 4 rings (SSSR count). The number of nitrogens with zero attached hydrogens (tertiary/aromatic N) is 4. The number of carbonyl (C=O) groups excluding carboxylic acids is 1. The van der Waals surface area contributed by atoms with Crippen LogP contribution in [-0.4, -0.2) is 25.8 Å². The Labute approximate surface area is 121 Å². The Bertz CT molecular complexity index is 685. The second-order valence-corrected chi connectivity index (χ2v) is 5.81. The third kappa shape index (κ3) is 2.22. The minimum Gasteiger partial charge on any atom is -0.360 e. The molecular formula is C14H17N5O2. The fourth-order valence-electron chi connectivity index (χ4n) is 2.79. The van der Waals surface area contributed by atoms with Crippen molar-refractivity contribution < 1.29 is 9.32 Å². The van der Waals surface area contributed by atoms with Crippen LogP contribution in [-0.2, 0) is 13.0 Å². The van der Waals surface area contributed by atoms with Gasteiger partial charge in [-0.15, -0.1) is 10.2 Å². The molecule has 7 heteroatoms. The summed E-state index contributed by atoms with van der Waals surface area (Å²) in [4.78, 5) is 12.2. The number of amides is 1. The van der Waals surface area contributed by atoms with Crippen LogP contribution in [0.4, 0.5) is 0 Å². The molecule has 0 spiro atoms. The van der Waals surface area contributed by atoms with E-state index in [9.17, 15) is 4.79 Å². The molecule has 21 heavy (non-hydrogen) atoms. The summed E-state index contributed by atoms with van der Waals surface area (Å²) in [6.07, 6.45) is 4.30. The van der Waals surface area contributed by atoms with Gasteiger partial charge in [0, 0.05) is 24.9 Å². The van der Waals surface area contributed by atoms with E-state index in [1.807, 2.05) is 6.92 Å². The molecule has 1 fully saturated rings. The van der Waals surface area contributed by atoms with Gasteiger partial charge >= 0.3 is 0 Å². The Morgan fingerprint density at radius 3 is 3.14 bits per heavy atom. The third-order valence-corrected chi connectivity index (χ3v) is 4.11. The minimum atomic E-state index is -0.228. The van der Waals surface area contributed by atoms with E-state index in [1.54, 1.807) is 6.07 Å². The molecule has 1 aliphatic heterocycles. The lowest BCUT2D eigenvalue weighted by molar-refractivity contribution is 0.0928. The molecule has 110 valence electrons. The van der Waals surface area contributed by atoms with Gasteiger partial charge in [-0.05, 0) is 26.2 Å². The van der Waals surface area contributed by atoms with Gasteiger partial charge in [-0.2, -0.15) is 0 Å². The smallest absolute Gasteiger partial charge is 0.274 e. The molecule has 0 saturated heterocycles. The van der Waals surface area contributed by atoms with E-state index < -0.39 is 0 Å². The molecule has 3 heterocycles. The summed E-state index contributed by atoms with van der Waals surface area (Å²) in [7, 11) is 0. The van der Waals surface area contributed by atoms with Crippen molar-refractivity contribution in [2.45, 2.75) is 51.1 Å². The maximum atomic E-state index is 12.2. The van der Waals surface area contributed by atoms with E-state index >= 15 is 0 Å². The van der Waals surface area contributed by atoms with Crippen LogP contribution < -0.4 is 5.32 Å². The monoisotopic (exact) mass is 287 g/mol. The topological polar surface area (TPSA) is 85.8 Å². The maximum Gasteiger partial charge on any atom is 0.274 e. The normalized spacial score (nSPS) is 18.5. The molecule has 7 nitrogen and oxygen atoms in total.